The highest BCUT2D eigenvalue weighted by atomic mass is 32.1. The van der Waals surface area contributed by atoms with E-state index in [2.05, 4.69) is 18.0 Å². The molecule has 1 amide bonds. The van der Waals surface area contributed by atoms with Crippen LogP contribution in [0.15, 0.2) is 24.4 Å². The molecule has 6 heteroatoms. The molecule has 5 nitrogen and oxygen atoms in total. The van der Waals surface area contributed by atoms with Crippen LogP contribution in [0.4, 0.5) is 5.69 Å². The molecular weight excluding hydrogens is 396 g/mol. The number of aliphatic hydroxyl groups is 2. The lowest BCUT2D eigenvalue weighted by molar-refractivity contribution is -0.120. The molecule has 0 radical (unpaired) electrons. The van der Waals surface area contributed by atoms with Crippen LogP contribution in [-0.2, 0) is 17.8 Å². The van der Waals surface area contributed by atoms with Gasteiger partial charge < -0.3 is 15.1 Å². The third-order valence-electron chi connectivity index (χ3n) is 6.68. The minimum absolute atomic E-state index is 0.0500. The molecule has 1 aliphatic carbocycles. The molecule has 4 rings (SSSR count). The summed E-state index contributed by atoms with van der Waals surface area (Å²) in [6.45, 7) is 2.25. The predicted octanol–water partition coefficient (Wildman–Crippen LogP) is 4.86. The molecular formula is C24H32N2O3S. The number of aryl methyl sites for hydroxylation is 1. The van der Waals surface area contributed by atoms with Gasteiger partial charge in [0.15, 0.2) is 0 Å². The van der Waals surface area contributed by atoms with Crippen molar-refractivity contribution >= 4 is 22.9 Å². The van der Waals surface area contributed by atoms with Gasteiger partial charge in [-0.3, -0.25) is 4.79 Å². The summed E-state index contributed by atoms with van der Waals surface area (Å²) in [6, 6.07) is 6.47. The number of carbonyl (C=O) groups is 1. The van der Waals surface area contributed by atoms with E-state index >= 15 is 0 Å². The Morgan fingerprint density at radius 2 is 2.10 bits per heavy atom. The van der Waals surface area contributed by atoms with Crippen LogP contribution in [0.1, 0.15) is 91.3 Å². The first-order valence-corrected chi connectivity index (χ1v) is 12.1. The van der Waals surface area contributed by atoms with Gasteiger partial charge in [0.2, 0.25) is 5.91 Å². The summed E-state index contributed by atoms with van der Waals surface area (Å²) >= 11 is 1.57. The van der Waals surface area contributed by atoms with E-state index in [1.165, 1.54) is 5.56 Å². The minimum Gasteiger partial charge on any atom is -0.391 e. The van der Waals surface area contributed by atoms with Crippen LogP contribution in [0.25, 0.3) is 0 Å². The van der Waals surface area contributed by atoms with Gasteiger partial charge in [-0.2, -0.15) is 0 Å². The molecule has 1 aliphatic heterocycles. The Morgan fingerprint density at radius 3 is 2.87 bits per heavy atom. The normalized spacial score (nSPS) is 24.2. The van der Waals surface area contributed by atoms with Crippen molar-refractivity contribution < 1.29 is 15.0 Å². The molecule has 1 saturated heterocycles. The average Bonchev–Trinajstić information content (AvgIpc) is 3.22. The fourth-order valence-electron chi connectivity index (χ4n) is 5.06. The first-order chi connectivity index (χ1) is 14.6. The van der Waals surface area contributed by atoms with E-state index in [4.69, 9.17) is 0 Å². The lowest BCUT2D eigenvalue weighted by Crippen LogP contribution is -2.44. The molecule has 162 valence electrons. The number of hydrogen-bond acceptors (Lipinski definition) is 5. The molecule has 0 bridgehead atoms. The number of piperidine rings is 1. The molecule has 0 saturated carbocycles. The van der Waals surface area contributed by atoms with Crippen molar-refractivity contribution in [1.29, 1.82) is 0 Å². The molecule has 1 fully saturated rings. The number of rotatable bonds is 7. The van der Waals surface area contributed by atoms with E-state index in [0.717, 1.165) is 72.5 Å². The zero-order valence-corrected chi connectivity index (χ0v) is 18.5. The minimum atomic E-state index is -0.383. The monoisotopic (exact) mass is 428 g/mol. The number of amides is 1. The molecule has 3 atom stereocenters. The van der Waals surface area contributed by atoms with Gasteiger partial charge in [-0.05, 0) is 80.5 Å². The predicted molar refractivity (Wildman–Crippen MR) is 120 cm³/mol. The highest BCUT2D eigenvalue weighted by molar-refractivity contribution is 7.11. The largest absolute Gasteiger partial charge is 0.391 e. The number of anilines is 1. The van der Waals surface area contributed by atoms with Crippen LogP contribution in [0, 0.1) is 0 Å². The van der Waals surface area contributed by atoms with Gasteiger partial charge in [-0.1, -0.05) is 13.0 Å². The van der Waals surface area contributed by atoms with E-state index in [-0.39, 0.29) is 24.7 Å². The molecule has 2 N–H and O–H groups in total. The first-order valence-electron chi connectivity index (χ1n) is 11.3. The van der Waals surface area contributed by atoms with Crippen molar-refractivity contribution in [2.24, 2.45) is 0 Å². The molecule has 0 spiro atoms. The lowest BCUT2D eigenvalue weighted by atomic mass is 9.79. The maximum Gasteiger partial charge on any atom is 0.227 e. The third-order valence-corrected chi connectivity index (χ3v) is 7.72. The number of aromatic nitrogens is 1. The van der Waals surface area contributed by atoms with E-state index in [1.807, 2.05) is 17.0 Å². The SMILES string of the molecule is CCC1CCC(O)c2ccc(N3C(=O)CCCC3CCCc3ncc(CO)s3)cc21. The Morgan fingerprint density at radius 1 is 1.23 bits per heavy atom. The number of thiazole rings is 1. The van der Waals surface area contributed by atoms with Crippen LogP contribution >= 0.6 is 11.3 Å². The van der Waals surface area contributed by atoms with E-state index in [1.54, 1.807) is 17.5 Å². The van der Waals surface area contributed by atoms with Gasteiger partial charge >= 0.3 is 0 Å². The number of fused-ring (bicyclic) bond motifs is 1. The highest BCUT2D eigenvalue weighted by Crippen LogP contribution is 2.41. The number of benzene rings is 1. The summed E-state index contributed by atoms with van der Waals surface area (Å²) in [7, 11) is 0. The molecule has 2 aliphatic rings. The summed E-state index contributed by atoms with van der Waals surface area (Å²) in [5.74, 6) is 0.680. The standard InChI is InChI=1S/C24H32N2O3S/c1-2-16-9-12-22(28)20-11-10-18(13-21(16)20)26-17(6-4-8-24(26)29)5-3-7-23-25-14-19(15-27)30-23/h10-11,13-14,16-17,22,27-28H,2-9,12,15H2,1H3. The highest BCUT2D eigenvalue weighted by Gasteiger charge is 2.31. The Bertz CT molecular complexity index is 881. The fourth-order valence-corrected chi connectivity index (χ4v) is 5.88. The number of aliphatic hydroxyl groups excluding tert-OH is 2. The van der Waals surface area contributed by atoms with Crippen LogP contribution in [0.2, 0.25) is 0 Å². The Balaban J connectivity index is 1.50. The summed E-state index contributed by atoms with van der Waals surface area (Å²) in [5, 5.41) is 20.7. The summed E-state index contributed by atoms with van der Waals surface area (Å²) in [6.07, 6.45) is 9.68. The van der Waals surface area contributed by atoms with Gasteiger partial charge in [0.05, 0.1) is 22.6 Å². The number of hydrogen-bond donors (Lipinski definition) is 2. The van der Waals surface area contributed by atoms with Gasteiger partial charge in [0.1, 0.15) is 0 Å². The van der Waals surface area contributed by atoms with Crippen molar-refractivity contribution in [3.63, 3.8) is 0 Å². The third kappa shape index (κ3) is 4.46. The number of carbonyl (C=O) groups excluding carboxylic acids is 1. The van der Waals surface area contributed by atoms with Crippen LogP contribution in [0.3, 0.4) is 0 Å². The smallest absolute Gasteiger partial charge is 0.227 e. The maximum atomic E-state index is 12.9. The van der Waals surface area contributed by atoms with Crippen LogP contribution < -0.4 is 4.90 Å². The summed E-state index contributed by atoms with van der Waals surface area (Å²) in [4.78, 5) is 20.2. The van der Waals surface area contributed by atoms with Crippen molar-refractivity contribution in [3.05, 3.63) is 45.4 Å². The Hall–Kier alpha value is -1.76. The van der Waals surface area contributed by atoms with Gasteiger partial charge in [0.25, 0.3) is 0 Å². The summed E-state index contributed by atoms with van der Waals surface area (Å²) in [5.41, 5.74) is 3.26. The average molecular weight is 429 g/mol. The molecule has 2 heterocycles. The van der Waals surface area contributed by atoms with E-state index < -0.39 is 0 Å². The second kappa shape index (κ2) is 9.58. The summed E-state index contributed by atoms with van der Waals surface area (Å²) < 4.78 is 0. The Labute approximate surface area is 182 Å². The second-order valence-corrected chi connectivity index (χ2v) is 9.79. The quantitative estimate of drug-likeness (QED) is 0.660. The maximum absolute atomic E-state index is 12.9. The van der Waals surface area contributed by atoms with Crippen molar-refractivity contribution in [3.8, 4) is 0 Å². The zero-order valence-electron chi connectivity index (χ0n) is 17.7. The Kier molecular flexibility index (Phi) is 6.86. The van der Waals surface area contributed by atoms with E-state index in [9.17, 15) is 15.0 Å². The van der Waals surface area contributed by atoms with E-state index in [0.29, 0.717) is 12.3 Å². The zero-order chi connectivity index (χ0) is 21.1. The molecule has 3 unspecified atom stereocenters. The van der Waals surface area contributed by atoms with Gasteiger partial charge in [0, 0.05) is 24.3 Å². The fraction of sp³-hybridized carbons (Fsp3) is 0.583. The topological polar surface area (TPSA) is 73.7 Å². The molecule has 2 aromatic rings. The van der Waals surface area contributed by atoms with Gasteiger partial charge in [-0.15, -0.1) is 11.3 Å². The van der Waals surface area contributed by atoms with Gasteiger partial charge in [-0.25, -0.2) is 4.98 Å². The van der Waals surface area contributed by atoms with Crippen molar-refractivity contribution in [1.82, 2.24) is 4.98 Å². The lowest BCUT2D eigenvalue weighted by Gasteiger charge is -2.37. The molecule has 30 heavy (non-hydrogen) atoms. The van der Waals surface area contributed by atoms with Crippen molar-refractivity contribution in [2.75, 3.05) is 4.90 Å². The second-order valence-electron chi connectivity index (χ2n) is 8.59. The first kappa shape index (κ1) is 21.5. The molecule has 1 aromatic carbocycles. The van der Waals surface area contributed by atoms with Crippen LogP contribution in [-0.4, -0.2) is 27.1 Å². The molecule has 1 aromatic heterocycles. The van der Waals surface area contributed by atoms with Crippen molar-refractivity contribution in [2.45, 2.75) is 89.4 Å². The number of nitrogens with zero attached hydrogens (tertiary/aromatic N) is 2. The van der Waals surface area contributed by atoms with Crippen LogP contribution in [0.5, 0.6) is 0 Å².